The number of benzene rings is 1. The summed E-state index contributed by atoms with van der Waals surface area (Å²) in [5, 5.41) is 0.887. The van der Waals surface area contributed by atoms with Crippen LogP contribution >= 0.6 is 0 Å². The molecule has 0 aliphatic carbocycles. The van der Waals surface area contributed by atoms with Crippen LogP contribution in [-0.4, -0.2) is 16.8 Å². The van der Waals surface area contributed by atoms with Crippen molar-refractivity contribution in [1.82, 2.24) is 4.57 Å². The van der Waals surface area contributed by atoms with Gasteiger partial charge < -0.3 is 9.30 Å². The average molecular weight is 357 g/mol. The Hall–Kier alpha value is -2.10. The summed E-state index contributed by atoms with van der Waals surface area (Å²) in [6.07, 6.45) is 14.1. The van der Waals surface area contributed by atoms with Gasteiger partial charge in [0.05, 0.1) is 5.52 Å². The number of hydrogen-bond acceptors (Lipinski definition) is 3. The van der Waals surface area contributed by atoms with E-state index in [-0.39, 0.29) is 12.7 Å². The molecule has 0 atom stereocenters. The molecule has 0 unspecified atom stereocenters. The second-order valence-corrected chi connectivity index (χ2v) is 6.91. The van der Waals surface area contributed by atoms with Gasteiger partial charge in [0.15, 0.2) is 13.0 Å². The van der Waals surface area contributed by atoms with Crippen molar-refractivity contribution in [2.24, 2.45) is 0 Å². The molecule has 26 heavy (non-hydrogen) atoms. The molecule has 2 aromatic rings. The monoisotopic (exact) mass is 357 g/mol. The van der Waals surface area contributed by atoms with Crippen LogP contribution in [-0.2, 0) is 16.3 Å². The number of ether oxygens (including phenoxy) is 1. The summed E-state index contributed by atoms with van der Waals surface area (Å²) in [5.41, 5.74) is 1.53. The fraction of sp³-hybridized carbons (Fsp3) is 0.545. The molecule has 4 nitrogen and oxygen atoms in total. The first-order valence-corrected chi connectivity index (χ1v) is 9.95. The molecule has 0 saturated carbocycles. The highest BCUT2D eigenvalue weighted by Gasteiger charge is 2.09. The van der Waals surface area contributed by atoms with Crippen molar-refractivity contribution in [2.45, 2.75) is 77.9 Å². The van der Waals surface area contributed by atoms with E-state index < -0.39 is 0 Å². The third-order valence-electron chi connectivity index (χ3n) is 4.80. The lowest BCUT2D eigenvalue weighted by atomic mass is 10.1. The van der Waals surface area contributed by atoms with Crippen molar-refractivity contribution in [3.05, 3.63) is 36.0 Å². The van der Waals surface area contributed by atoms with Crippen LogP contribution in [0, 0.1) is 0 Å². The predicted molar refractivity (Wildman–Crippen MR) is 105 cm³/mol. The molecule has 1 heterocycles. The van der Waals surface area contributed by atoms with E-state index in [4.69, 9.17) is 4.74 Å². The van der Waals surface area contributed by atoms with Crippen molar-refractivity contribution in [2.75, 3.05) is 0 Å². The number of carbonyl (C=O) groups excluding carboxylic acids is 2. The normalized spacial score (nSPS) is 11.0. The molecule has 0 amide bonds. The van der Waals surface area contributed by atoms with Gasteiger partial charge in [-0.25, -0.2) is 0 Å². The molecule has 0 aliphatic heterocycles. The molecule has 142 valence electrons. The van der Waals surface area contributed by atoms with Gasteiger partial charge in [0.2, 0.25) is 0 Å². The van der Waals surface area contributed by atoms with Gasteiger partial charge in [-0.2, -0.15) is 0 Å². The number of carbonyl (C=O) groups is 2. The Balaban J connectivity index is 1.63. The molecule has 1 aromatic carbocycles. The van der Waals surface area contributed by atoms with Crippen molar-refractivity contribution < 1.29 is 14.3 Å². The van der Waals surface area contributed by atoms with Gasteiger partial charge in [-0.3, -0.25) is 9.59 Å². The Bertz CT molecular complexity index is 690. The molecular weight excluding hydrogens is 326 g/mol. The van der Waals surface area contributed by atoms with Gasteiger partial charge in [-0.1, -0.05) is 76.5 Å². The van der Waals surface area contributed by atoms with Crippen molar-refractivity contribution in [1.29, 1.82) is 0 Å². The Labute approximate surface area is 156 Å². The van der Waals surface area contributed by atoms with E-state index >= 15 is 0 Å². The van der Waals surface area contributed by atoms with Crippen LogP contribution in [0.25, 0.3) is 10.9 Å². The Kier molecular flexibility index (Phi) is 8.94. The summed E-state index contributed by atoms with van der Waals surface area (Å²) < 4.78 is 7.19. The van der Waals surface area contributed by atoms with Crippen LogP contribution in [0.3, 0.4) is 0 Å². The molecule has 0 saturated heterocycles. The fourth-order valence-corrected chi connectivity index (χ4v) is 3.27. The van der Waals surface area contributed by atoms with E-state index in [1.54, 1.807) is 6.20 Å². The summed E-state index contributed by atoms with van der Waals surface area (Å²) in [7, 11) is 0. The van der Waals surface area contributed by atoms with Gasteiger partial charge in [0.25, 0.3) is 0 Å². The highest BCUT2D eigenvalue weighted by Crippen LogP contribution is 2.20. The van der Waals surface area contributed by atoms with Gasteiger partial charge in [0, 0.05) is 23.6 Å². The quantitative estimate of drug-likeness (QED) is 0.256. The maximum absolute atomic E-state index is 11.9. The Morgan fingerprint density at radius 1 is 1.00 bits per heavy atom. The number of rotatable bonds is 13. The second kappa shape index (κ2) is 11.5. The van der Waals surface area contributed by atoms with Crippen molar-refractivity contribution in [3.8, 4) is 0 Å². The lowest BCUT2D eigenvalue weighted by molar-refractivity contribution is -0.147. The maximum atomic E-state index is 11.9. The van der Waals surface area contributed by atoms with Crippen molar-refractivity contribution in [3.63, 3.8) is 0 Å². The number of fused-ring (bicyclic) bond motifs is 1. The maximum Gasteiger partial charge on any atom is 0.307 e. The lowest BCUT2D eigenvalue weighted by Gasteiger charge is -2.07. The van der Waals surface area contributed by atoms with E-state index in [1.165, 1.54) is 44.9 Å². The van der Waals surface area contributed by atoms with Crippen LogP contribution in [0.15, 0.2) is 30.5 Å². The zero-order valence-corrected chi connectivity index (χ0v) is 15.9. The first-order valence-electron chi connectivity index (χ1n) is 9.95. The second-order valence-electron chi connectivity index (χ2n) is 6.91. The van der Waals surface area contributed by atoms with Gasteiger partial charge in [0.1, 0.15) is 0 Å². The standard InChI is InChI=1S/C22H31NO3/c1-2-3-4-5-6-7-8-9-10-15-22(25)26-18-23-16-19(17-24)20-13-11-12-14-21(20)23/h11-14,16-17H,2-10,15,18H2,1H3. The van der Waals surface area contributed by atoms with Crippen LogP contribution in [0.1, 0.15) is 81.5 Å². The van der Waals surface area contributed by atoms with E-state index in [9.17, 15) is 9.59 Å². The number of esters is 1. The molecule has 4 heteroatoms. The minimum absolute atomic E-state index is 0.157. The summed E-state index contributed by atoms with van der Waals surface area (Å²) in [6.45, 7) is 2.39. The van der Waals surface area contributed by atoms with E-state index in [1.807, 2.05) is 28.8 Å². The molecule has 1 aromatic heterocycles. The zero-order chi connectivity index (χ0) is 18.6. The van der Waals surface area contributed by atoms with Crippen LogP contribution in [0.2, 0.25) is 0 Å². The summed E-state index contributed by atoms with van der Waals surface area (Å²) >= 11 is 0. The SMILES string of the molecule is CCCCCCCCCCCC(=O)OCn1cc(C=O)c2ccccc21. The number of aromatic nitrogens is 1. The molecule has 2 rings (SSSR count). The molecule has 0 bridgehead atoms. The summed E-state index contributed by atoms with van der Waals surface area (Å²) in [6, 6.07) is 7.64. The molecule has 0 N–H and O–H groups in total. The smallest absolute Gasteiger partial charge is 0.307 e. The molecule has 0 radical (unpaired) electrons. The largest absolute Gasteiger partial charge is 0.444 e. The van der Waals surface area contributed by atoms with Gasteiger partial charge in [-0.05, 0) is 12.5 Å². The zero-order valence-electron chi connectivity index (χ0n) is 15.9. The summed E-state index contributed by atoms with van der Waals surface area (Å²) in [4.78, 5) is 23.1. The molecular formula is C22H31NO3. The fourth-order valence-electron chi connectivity index (χ4n) is 3.27. The first-order chi connectivity index (χ1) is 12.8. The van der Waals surface area contributed by atoms with Gasteiger partial charge in [-0.15, -0.1) is 0 Å². The van der Waals surface area contributed by atoms with E-state index in [0.29, 0.717) is 12.0 Å². The topological polar surface area (TPSA) is 48.3 Å². The first kappa shape index (κ1) is 20.2. The van der Waals surface area contributed by atoms with E-state index in [0.717, 1.165) is 30.0 Å². The third kappa shape index (κ3) is 6.32. The molecule has 0 spiro atoms. The molecule has 0 fully saturated rings. The summed E-state index contributed by atoms with van der Waals surface area (Å²) in [5.74, 6) is -0.168. The minimum atomic E-state index is -0.168. The predicted octanol–water partition coefficient (Wildman–Crippen LogP) is 5.88. The van der Waals surface area contributed by atoms with Crippen LogP contribution in [0.5, 0.6) is 0 Å². The number of para-hydroxylation sites is 1. The Morgan fingerprint density at radius 2 is 1.65 bits per heavy atom. The highest BCUT2D eigenvalue weighted by atomic mass is 16.5. The van der Waals surface area contributed by atoms with Crippen molar-refractivity contribution >= 4 is 23.2 Å². The number of nitrogens with zero attached hydrogens (tertiary/aromatic N) is 1. The minimum Gasteiger partial charge on any atom is -0.444 e. The highest BCUT2D eigenvalue weighted by molar-refractivity contribution is 5.97. The third-order valence-corrected chi connectivity index (χ3v) is 4.80. The Morgan fingerprint density at radius 3 is 2.35 bits per heavy atom. The molecule has 0 aliphatic rings. The van der Waals surface area contributed by atoms with Crippen LogP contribution in [0.4, 0.5) is 0 Å². The van der Waals surface area contributed by atoms with E-state index in [2.05, 4.69) is 6.92 Å². The van der Waals surface area contributed by atoms with Crippen LogP contribution < -0.4 is 0 Å². The average Bonchev–Trinajstić information content (AvgIpc) is 3.03. The number of hydrogen-bond donors (Lipinski definition) is 0. The lowest BCUT2D eigenvalue weighted by Crippen LogP contribution is -2.08. The number of aldehydes is 1. The number of unbranched alkanes of at least 4 members (excludes halogenated alkanes) is 8. The van der Waals surface area contributed by atoms with Gasteiger partial charge >= 0.3 is 5.97 Å².